The smallest absolute Gasteiger partial charge is 0.160 e. The number of ether oxygens (including phenoxy) is 2. The lowest BCUT2D eigenvalue weighted by Gasteiger charge is -2.48. The van der Waals surface area contributed by atoms with Crippen LogP contribution in [0.5, 0.6) is 11.5 Å². The number of hydrogen-bond acceptors (Lipinski definition) is 4. The molecule has 0 amide bonds. The Hall–Kier alpha value is -1.78. The monoisotopic (exact) mass is 299 g/mol. The van der Waals surface area contributed by atoms with Gasteiger partial charge in [0.05, 0.1) is 18.8 Å². The summed E-state index contributed by atoms with van der Waals surface area (Å²) in [5.74, 6) is 0.772. The van der Waals surface area contributed by atoms with Gasteiger partial charge in [0.15, 0.2) is 11.5 Å². The molecule has 1 aromatic rings. The van der Waals surface area contributed by atoms with Crippen LogP contribution in [0.25, 0.3) is 0 Å². The molecule has 4 rings (SSSR count). The van der Waals surface area contributed by atoms with E-state index >= 15 is 0 Å². The molecule has 22 heavy (non-hydrogen) atoms. The van der Waals surface area contributed by atoms with E-state index in [-0.39, 0.29) is 17.4 Å². The van der Waals surface area contributed by atoms with Crippen LogP contribution in [0.4, 0.5) is 0 Å². The van der Waals surface area contributed by atoms with Gasteiger partial charge in [-0.05, 0) is 35.3 Å². The molecule has 4 heteroatoms. The standard InChI is InChI=1S/C18H21NO3/c1-21-14-4-3-13-6-8-19-7-5-12-9-17(22-2)16(20)10-15(12)18(13,19)11-14/h3-4,6,9-10,14,20H,5,7-8,11H2,1-2H3. The fraction of sp³-hybridized carbons (Fsp3) is 0.444. The summed E-state index contributed by atoms with van der Waals surface area (Å²) in [6, 6.07) is 3.89. The zero-order valence-corrected chi connectivity index (χ0v) is 13.0. The highest BCUT2D eigenvalue weighted by Gasteiger charge is 2.50. The Bertz CT molecular complexity index is 679. The summed E-state index contributed by atoms with van der Waals surface area (Å²) in [6.07, 6.45) is 8.61. The van der Waals surface area contributed by atoms with Crippen molar-refractivity contribution >= 4 is 0 Å². The molecule has 0 saturated heterocycles. The first-order chi connectivity index (χ1) is 10.7. The molecule has 0 fully saturated rings. The van der Waals surface area contributed by atoms with Crippen LogP contribution in [-0.2, 0) is 16.7 Å². The fourth-order valence-electron chi connectivity index (χ4n) is 4.24. The molecule has 2 atom stereocenters. The zero-order chi connectivity index (χ0) is 15.3. The molecule has 1 spiro atoms. The van der Waals surface area contributed by atoms with Crippen molar-refractivity contribution in [1.82, 2.24) is 4.90 Å². The fourth-order valence-corrected chi connectivity index (χ4v) is 4.24. The number of methoxy groups -OCH3 is 2. The van der Waals surface area contributed by atoms with Crippen LogP contribution in [0.15, 0.2) is 35.9 Å². The molecule has 0 radical (unpaired) electrons. The second-order valence-electron chi connectivity index (χ2n) is 6.23. The van der Waals surface area contributed by atoms with Crippen LogP contribution >= 0.6 is 0 Å². The molecule has 1 aromatic carbocycles. The third-order valence-electron chi connectivity index (χ3n) is 5.34. The molecule has 116 valence electrons. The lowest BCUT2D eigenvalue weighted by atomic mass is 9.71. The maximum Gasteiger partial charge on any atom is 0.160 e. The first-order valence-corrected chi connectivity index (χ1v) is 7.76. The van der Waals surface area contributed by atoms with E-state index in [2.05, 4.69) is 23.1 Å². The lowest BCUT2D eigenvalue weighted by Crippen LogP contribution is -2.51. The third kappa shape index (κ3) is 1.71. The number of aromatic hydroxyl groups is 1. The van der Waals surface area contributed by atoms with E-state index in [1.165, 1.54) is 16.7 Å². The number of phenolic OH excluding ortho intramolecular Hbond substituents is 1. The summed E-state index contributed by atoms with van der Waals surface area (Å²) >= 11 is 0. The maximum absolute atomic E-state index is 10.3. The molecular formula is C18H21NO3. The van der Waals surface area contributed by atoms with Gasteiger partial charge in [-0.3, -0.25) is 4.90 Å². The Morgan fingerprint density at radius 3 is 2.95 bits per heavy atom. The van der Waals surface area contributed by atoms with Crippen molar-refractivity contribution in [3.8, 4) is 11.5 Å². The summed E-state index contributed by atoms with van der Waals surface area (Å²) in [5.41, 5.74) is 3.63. The molecule has 2 heterocycles. The van der Waals surface area contributed by atoms with Crippen LogP contribution in [0.3, 0.4) is 0 Å². The maximum atomic E-state index is 10.3. The topological polar surface area (TPSA) is 41.9 Å². The molecule has 0 aromatic heterocycles. The highest BCUT2D eigenvalue weighted by Crippen LogP contribution is 2.52. The minimum atomic E-state index is -0.160. The quantitative estimate of drug-likeness (QED) is 0.910. The zero-order valence-electron chi connectivity index (χ0n) is 13.0. The van der Waals surface area contributed by atoms with Gasteiger partial charge in [-0.15, -0.1) is 0 Å². The SMILES string of the molecule is COc1cc2c(cc1O)C13CC(OC)C=CC1=CCN3CC2. The number of rotatable bonds is 2. The number of benzene rings is 1. The van der Waals surface area contributed by atoms with Gasteiger partial charge in [-0.2, -0.15) is 0 Å². The third-order valence-corrected chi connectivity index (χ3v) is 5.34. The van der Waals surface area contributed by atoms with Gasteiger partial charge in [0, 0.05) is 26.6 Å². The second kappa shape index (κ2) is 4.86. The van der Waals surface area contributed by atoms with E-state index in [1.807, 2.05) is 12.1 Å². The Morgan fingerprint density at radius 1 is 1.32 bits per heavy atom. The summed E-state index contributed by atoms with van der Waals surface area (Å²) in [4.78, 5) is 2.51. The Kier molecular flexibility index (Phi) is 3.06. The van der Waals surface area contributed by atoms with Crippen molar-refractivity contribution in [3.05, 3.63) is 47.1 Å². The van der Waals surface area contributed by atoms with Crippen molar-refractivity contribution in [3.63, 3.8) is 0 Å². The van der Waals surface area contributed by atoms with Crippen molar-refractivity contribution in [2.75, 3.05) is 27.3 Å². The summed E-state index contributed by atoms with van der Waals surface area (Å²) in [6.45, 7) is 1.98. The van der Waals surface area contributed by atoms with Crippen molar-refractivity contribution in [2.45, 2.75) is 24.5 Å². The molecule has 2 aliphatic heterocycles. The van der Waals surface area contributed by atoms with E-state index in [4.69, 9.17) is 9.47 Å². The summed E-state index contributed by atoms with van der Waals surface area (Å²) in [7, 11) is 3.36. The molecule has 0 bridgehead atoms. The highest BCUT2D eigenvalue weighted by molar-refractivity contribution is 5.57. The largest absolute Gasteiger partial charge is 0.504 e. The Balaban J connectivity index is 1.91. The highest BCUT2D eigenvalue weighted by atomic mass is 16.5. The lowest BCUT2D eigenvalue weighted by molar-refractivity contribution is 0.0513. The van der Waals surface area contributed by atoms with Crippen LogP contribution in [0.1, 0.15) is 17.5 Å². The molecular weight excluding hydrogens is 278 g/mol. The predicted molar refractivity (Wildman–Crippen MR) is 84.3 cm³/mol. The number of fused-ring (bicyclic) bond motifs is 1. The second-order valence-corrected chi connectivity index (χ2v) is 6.23. The van der Waals surface area contributed by atoms with E-state index < -0.39 is 0 Å². The summed E-state index contributed by atoms with van der Waals surface area (Å²) < 4.78 is 10.9. The molecule has 0 saturated carbocycles. The van der Waals surface area contributed by atoms with Crippen LogP contribution in [0, 0.1) is 0 Å². The summed E-state index contributed by atoms with van der Waals surface area (Å²) in [5, 5.41) is 10.3. The number of nitrogens with zero attached hydrogens (tertiary/aromatic N) is 1. The van der Waals surface area contributed by atoms with Gasteiger partial charge in [0.2, 0.25) is 0 Å². The van der Waals surface area contributed by atoms with Gasteiger partial charge < -0.3 is 14.6 Å². The van der Waals surface area contributed by atoms with Crippen LogP contribution < -0.4 is 4.74 Å². The molecule has 1 N–H and O–H groups in total. The minimum Gasteiger partial charge on any atom is -0.504 e. The molecule has 4 nitrogen and oxygen atoms in total. The minimum absolute atomic E-state index is 0.105. The van der Waals surface area contributed by atoms with Crippen LogP contribution in [-0.4, -0.2) is 43.4 Å². The van der Waals surface area contributed by atoms with Gasteiger partial charge in [0.25, 0.3) is 0 Å². The van der Waals surface area contributed by atoms with Crippen molar-refractivity contribution < 1.29 is 14.6 Å². The predicted octanol–water partition coefficient (Wildman–Crippen LogP) is 2.37. The first-order valence-electron chi connectivity index (χ1n) is 7.76. The normalized spacial score (nSPS) is 29.5. The van der Waals surface area contributed by atoms with E-state index in [9.17, 15) is 5.11 Å². The Labute approximate surface area is 130 Å². The van der Waals surface area contributed by atoms with E-state index in [0.29, 0.717) is 5.75 Å². The average molecular weight is 299 g/mol. The number of hydrogen-bond donors (Lipinski definition) is 1. The number of phenols is 1. The average Bonchev–Trinajstić information content (AvgIpc) is 2.93. The van der Waals surface area contributed by atoms with Crippen molar-refractivity contribution in [1.29, 1.82) is 0 Å². The Morgan fingerprint density at radius 2 is 2.18 bits per heavy atom. The van der Waals surface area contributed by atoms with Gasteiger partial charge in [-0.25, -0.2) is 0 Å². The van der Waals surface area contributed by atoms with Gasteiger partial charge >= 0.3 is 0 Å². The first kappa shape index (κ1) is 13.9. The molecule has 1 aliphatic carbocycles. The van der Waals surface area contributed by atoms with Gasteiger partial charge in [-0.1, -0.05) is 18.2 Å². The van der Waals surface area contributed by atoms with E-state index in [1.54, 1.807) is 14.2 Å². The van der Waals surface area contributed by atoms with Crippen molar-refractivity contribution in [2.24, 2.45) is 0 Å². The molecule has 3 aliphatic rings. The van der Waals surface area contributed by atoms with Crippen LogP contribution in [0.2, 0.25) is 0 Å². The van der Waals surface area contributed by atoms with E-state index in [0.717, 1.165) is 25.9 Å². The van der Waals surface area contributed by atoms with Gasteiger partial charge in [0.1, 0.15) is 0 Å². The molecule has 2 unspecified atom stereocenters.